The van der Waals surface area contributed by atoms with Crippen LogP contribution in [0.2, 0.25) is 0 Å². The number of carbonyl (C=O) groups excluding carboxylic acids is 2. The molecule has 5 nitrogen and oxygen atoms in total. The number of nitrogens with zero attached hydrogens (tertiary/aromatic N) is 3. The van der Waals surface area contributed by atoms with Crippen LogP contribution in [0.15, 0.2) is 41.2 Å². The van der Waals surface area contributed by atoms with Gasteiger partial charge in [0.15, 0.2) is 5.78 Å². The summed E-state index contributed by atoms with van der Waals surface area (Å²) in [6.45, 7) is 1.67. The second-order valence-electron chi connectivity index (χ2n) is 5.93. The molecule has 0 bridgehead atoms. The Kier molecular flexibility index (Phi) is 5.45. The first kappa shape index (κ1) is 16.9. The van der Waals surface area contributed by atoms with Crippen LogP contribution in [0.25, 0.3) is 5.65 Å². The highest BCUT2D eigenvalue weighted by Gasteiger charge is 2.18. The van der Waals surface area contributed by atoms with Crippen LogP contribution in [0.3, 0.4) is 0 Å². The summed E-state index contributed by atoms with van der Waals surface area (Å²) < 4.78 is 2.73. The molecule has 126 valence electrons. The third-order valence-electron chi connectivity index (χ3n) is 4.20. The molecule has 1 saturated heterocycles. The number of ketones is 1. The zero-order chi connectivity index (χ0) is 16.9. The fraction of sp³-hybridized carbons (Fsp3) is 0.389. The zero-order valence-corrected chi connectivity index (χ0v) is 15.0. The highest BCUT2D eigenvalue weighted by atomic mass is 79.9. The summed E-state index contributed by atoms with van der Waals surface area (Å²) in [5, 5.41) is 0. The third kappa shape index (κ3) is 3.93. The van der Waals surface area contributed by atoms with Gasteiger partial charge in [-0.3, -0.25) is 14.0 Å². The molecule has 0 atom stereocenters. The second-order valence-corrected chi connectivity index (χ2v) is 6.84. The maximum Gasteiger partial charge on any atom is 0.222 e. The van der Waals surface area contributed by atoms with Gasteiger partial charge in [-0.1, -0.05) is 12.2 Å². The highest BCUT2D eigenvalue weighted by molar-refractivity contribution is 9.10. The number of amides is 1. The van der Waals surface area contributed by atoms with E-state index in [2.05, 4.69) is 27.0 Å². The minimum absolute atomic E-state index is 0.0833. The number of imidazole rings is 1. The Morgan fingerprint density at radius 2 is 2.12 bits per heavy atom. The number of likely N-dealkylation sites (tertiary alicyclic amines) is 1. The molecule has 2 aromatic heterocycles. The topological polar surface area (TPSA) is 54.7 Å². The minimum Gasteiger partial charge on any atom is -0.342 e. The first-order chi connectivity index (χ1) is 11.6. The van der Waals surface area contributed by atoms with Crippen LogP contribution in [0.4, 0.5) is 0 Å². The standard InChI is InChI=1S/C18H20BrN3O2/c19-14-8-9-17-20-12-15(22(17)13-14)16(23)6-3-1-2-4-10-21-11-5-7-18(21)24/h1-2,8-9,12-13H,3-7,10-11H2/b2-1-. The lowest BCUT2D eigenvalue weighted by Gasteiger charge is -2.13. The van der Waals surface area contributed by atoms with Crippen LogP contribution in [0, 0.1) is 0 Å². The first-order valence-electron chi connectivity index (χ1n) is 8.24. The Morgan fingerprint density at radius 3 is 2.92 bits per heavy atom. The molecule has 0 spiro atoms. The van der Waals surface area contributed by atoms with Crippen molar-refractivity contribution in [1.82, 2.24) is 14.3 Å². The van der Waals surface area contributed by atoms with Gasteiger partial charge in [0.05, 0.1) is 6.20 Å². The molecule has 6 heteroatoms. The van der Waals surface area contributed by atoms with E-state index in [4.69, 9.17) is 0 Å². The number of hydrogen-bond acceptors (Lipinski definition) is 3. The van der Waals surface area contributed by atoms with Crippen LogP contribution in [-0.2, 0) is 4.79 Å². The summed E-state index contributed by atoms with van der Waals surface area (Å²) in [5.74, 6) is 0.345. The van der Waals surface area contributed by atoms with Crippen molar-refractivity contribution in [2.75, 3.05) is 13.1 Å². The fourth-order valence-corrected chi connectivity index (χ4v) is 3.25. The van der Waals surface area contributed by atoms with Gasteiger partial charge < -0.3 is 4.90 Å². The van der Waals surface area contributed by atoms with Gasteiger partial charge in [0, 0.05) is 36.6 Å². The smallest absolute Gasteiger partial charge is 0.222 e. The Balaban J connectivity index is 1.47. The van der Waals surface area contributed by atoms with Crippen LogP contribution < -0.4 is 0 Å². The van der Waals surface area contributed by atoms with Crippen molar-refractivity contribution in [3.8, 4) is 0 Å². The zero-order valence-electron chi connectivity index (χ0n) is 13.4. The van der Waals surface area contributed by atoms with E-state index in [9.17, 15) is 9.59 Å². The Bertz CT molecular complexity index is 782. The second kappa shape index (κ2) is 7.75. The maximum absolute atomic E-state index is 12.4. The van der Waals surface area contributed by atoms with Gasteiger partial charge in [-0.25, -0.2) is 4.98 Å². The molecular formula is C18H20BrN3O2. The summed E-state index contributed by atoms with van der Waals surface area (Å²) in [6.07, 6.45) is 11.3. The molecule has 1 aliphatic heterocycles. The summed E-state index contributed by atoms with van der Waals surface area (Å²) in [7, 11) is 0. The van der Waals surface area contributed by atoms with E-state index in [1.54, 1.807) is 6.20 Å². The molecular weight excluding hydrogens is 370 g/mol. The van der Waals surface area contributed by atoms with Crippen molar-refractivity contribution in [3.63, 3.8) is 0 Å². The molecule has 1 fully saturated rings. The Morgan fingerprint density at radius 1 is 1.29 bits per heavy atom. The molecule has 3 rings (SSSR count). The summed E-state index contributed by atoms with van der Waals surface area (Å²) in [5.41, 5.74) is 1.38. The van der Waals surface area contributed by atoms with Crippen molar-refractivity contribution in [1.29, 1.82) is 0 Å². The predicted octanol–water partition coefficient (Wildman–Crippen LogP) is 3.63. The first-order valence-corrected chi connectivity index (χ1v) is 9.03. The van der Waals surface area contributed by atoms with Crippen molar-refractivity contribution in [2.24, 2.45) is 0 Å². The van der Waals surface area contributed by atoms with Crippen LogP contribution in [-0.4, -0.2) is 39.1 Å². The molecule has 3 heterocycles. The van der Waals surface area contributed by atoms with Gasteiger partial charge in [0.1, 0.15) is 11.3 Å². The Hall–Kier alpha value is -1.95. The molecule has 0 N–H and O–H groups in total. The Labute approximate surface area is 149 Å². The highest BCUT2D eigenvalue weighted by Crippen LogP contribution is 2.15. The van der Waals surface area contributed by atoms with Gasteiger partial charge >= 0.3 is 0 Å². The van der Waals surface area contributed by atoms with Crippen molar-refractivity contribution < 1.29 is 9.59 Å². The SMILES string of the molecule is O=C(CC/C=C\CCN1CCCC1=O)c1cnc2ccc(Br)cn12. The van der Waals surface area contributed by atoms with Gasteiger partial charge in [-0.05, 0) is 47.3 Å². The van der Waals surface area contributed by atoms with Crippen molar-refractivity contribution in [3.05, 3.63) is 46.8 Å². The summed E-state index contributed by atoms with van der Waals surface area (Å²) in [4.78, 5) is 30.0. The average Bonchev–Trinajstić information content (AvgIpc) is 3.16. The number of rotatable bonds is 7. The number of Topliss-reactive ketones (excluding diaryl/α,β-unsaturated/α-hetero) is 1. The van der Waals surface area contributed by atoms with Gasteiger partial charge in [0.2, 0.25) is 5.91 Å². The van der Waals surface area contributed by atoms with Crippen LogP contribution in [0.1, 0.15) is 42.6 Å². The van der Waals surface area contributed by atoms with E-state index in [1.807, 2.05) is 33.7 Å². The number of allylic oxidation sites excluding steroid dienone is 1. The maximum atomic E-state index is 12.4. The molecule has 1 aliphatic rings. The van der Waals surface area contributed by atoms with Crippen molar-refractivity contribution >= 4 is 33.3 Å². The molecule has 0 saturated carbocycles. The van der Waals surface area contributed by atoms with E-state index in [-0.39, 0.29) is 11.7 Å². The quantitative estimate of drug-likeness (QED) is 0.536. The van der Waals surface area contributed by atoms with E-state index in [0.717, 1.165) is 36.1 Å². The van der Waals surface area contributed by atoms with E-state index in [1.165, 1.54) is 0 Å². The lowest BCUT2D eigenvalue weighted by Crippen LogP contribution is -2.25. The number of aromatic nitrogens is 2. The lowest BCUT2D eigenvalue weighted by molar-refractivity contribution is -0.127. The fourth-order valence-electron chi connectivity index (χ4n) is 2.91. The van der Waals surface area contributed by atoms with E-state index >= 15 is 0 Å². The summed E-state index contributed by atoms with van der Waals surface area (Å²) >= 11 is 3.41. The normalized spacial score (nSPS) is 15.0. The van der Waals surface area contributed by atoms with Gasteiger partial charge in [-0.15, -0.1) is 0 Å². The number of hydrogen-bond donors (Lipinski definition) is 0. The molecule has 24 heavy (non-hydrogen) atoms. The number of fused-ring (bicyclic) bond motifs is 1. The van der Waals surface area contributed by atoms with Gasteiger partial charge in [-0.2, -0.15) is 0 Å². The third-order valence-corrected chi connectivity index (χ3v) is 4.67. The molecule has 2 aromatic rings. The minimum atomic E-state index is 0.0833. The lowest BCUT2D eigenvalue weighted by atomic mass is 10.1. The average molecular weight is 390 g/mol. The largest absolute Gasteiger partial charge is 0.342 e. The van der Waals surface area contributed by atoms with E-state index < -0.39 is 0 Å². The van der Waals surface area contributed by atoms with Crippen LogP contribution >= 0.6 is 15.9 Å². The predicted molar refractivity (Wildman–Crippen MR) is 96.0 cm³/mol. The van der Waals surface area contributed by atoms with Crippen molar-refractivity contribution in [2.45, 2.75) is 32.1 Å². The van der Waals surface area contributed by atoms with Gasteiger partial charge in [0.25, 0.3) is 0 Å². The monoisotopic (exact) mass is 389 g/mol. The molecule has 1 amide bonds. The molecule has 0 aliphatic carbocycles. The molecule has 0 aromatic carbocycles. The molecule has 0 radical (unpaired) electrons. The van der Waals surface area contributed by atoms with Crippen LogP contribution in [0.5, 0.6) is 0 Å². The number of pyridine rings is 1. The number of carbonyl (C=O) groups is 2. The number of halogens is 1. The summed E-state index contributed by atoms with van der Waals surface area (Å²) in [6, 6.07) is 3.78. The molecule has 0 unspecified atom stereocenters. The van der Waals surface area contributed by atoms with E-state index in [0.29, 0.717) is 25.0 Å².